The van der Waals surface area contributed by atoms with E-state index in [0.717, 1.165) is 11.1 Å². The van der Waals surface area contributed by atoms with Crippen molar-refractivity contribution in [2.75, 3.05) is 6.54 Å². The first-order chi connectivity index (χ1) is 12.4. The van der Waals surface area contributed by atoms with Gasteiger partial charge >= 0.3 is 0 Å². The third-order valence-corrected chi connectivity index (χ3v) is 4.43. The zero-order valence-electron chi connectivity index (χ0n) is 15.4. The summed E-state index contributed by atoms with van der Waals surface area (Å²) >= 11 is 5.87. The highest BCUT2D eigenvalue weighted by Crippen LogP contribution is 2.10. The summed E-state index contributed by atoms with van der Waals surface area (Å²) in [6, 6.07) is 14.3. The molecule has 138 valence electrons. The number of hydrogen-bond acceptors (Lipinski definition) is 2. The second-order valence-corrected chi connectivity index (χ2v) is 7.17. The van der Waals surface area contributed by atoms with Crippen LogP contribution in [-0.4, -0.2) is 24.4 Å². The summed E-state index contributed by atoms with van der Waals surface area (Å²) in [5, 5.41) is 6.44. The molecule has 0 aliphatic carbocycles. The molecule has 0 spiro atoms. The van der Waals surface area contributed by atoms with Crippen LogP contribution in [0, 0.1) is 12.8 Å². The number of rotatable bonds is 7. The minimum Gasteiger partial charge on any atom is -0.354 e. The van der Waals surface area contributed by atoms with E-state index in [4.69, 9.17) is 11.6 Å². The topological polar surface area (TPSA) is 58.2 Å². The van der Waals surface area contributed by atoms with Crippen molar-refractivity contribution >= 4 is 23.4 Å². The van der Waals surface area contributed by atoms with Crippen molar-refractivity contribution in [3.8, 4) is 0 Å². The maximum absolute atomic E-state index is 12.5. The zero-order chi connectivity index (χ0) is 19.1. The van der Waals surface area contributed by atoms with E-state index in [0.29, 0.717) is 23.6 Å². The highest BCUT2D eigenvalue weighted by atomic mass is 35.5. The van der Waals surface area contributed by atoms with Gasteiger partial charge in [-0.15, -0.1) is 0 Å². The van der Waals surface area contributed by atoms with Gasteiger partial charge in [-0.2, -0.15) is 0 Å². The maximum Gasteiger partial charge on any atom is 0.251 e. The average Bonchev–Trinajstić information content (AvgIpc) is 2.61. The summed E-state index contributed by atoms with van der Waals surface area (Å²) in [6.45, 7) is 6.30. The van der Waals surface area contributed by atoms with Crippen molar-refractivity contribution in [1.82, 2.24) is 10.6 Å². The van der Waals surface area contributed by atoms with Crippen molar-refractivity contribution in [3.63, 3.8) is 0 Å². The molecular weight excluding hydrogens is 348 g/mol. The second-order valence-electron chi connectivity index (χ2n) is 6.73. The minimum atomic E-state index is -0.575. The van der Waals surface area contributed by atoms with Gasteiger partial charge in [-0.25, -0.2) is 0 Å². The molecule has 2 N–H and O–H groups in total. The Bertz CT molecular complexity index is 740. The highest BCUT2D eigenvalue weighted by Gasteiger charge is 2.24. The van der Waals surface area contributed by atoms with Gasteiger partial charge in [0.15, 0.2) is 0 Å². The quantitative estimate of drug-likeness (QED) is 0.777. The lowest BCUT2D eigenvalue weighted by Gasteiger charge is -2.22. The Morgan fingerprint density at radius 1 is 1.00 bits per heavy atom. The number of amides is 2. The fourth-order valence-electron chi connectivity index (χ4n) is 2.56. The molecule has 1 unspecified atom stereocenters. The third kappa shape index (κ3) is 5.88. The first-order valence-electron chi connectivity index (χ1n) is 8.76. The van der Waals surface area contributed by atoms with Crippen LogP contribution in [0.2, 0.25) is 5.02 Å². The Hall–Kier alpha value is -2.33. The fraction of sp³-hybridized carbons (Fsp3) is 0.333. The van der Waals surface area contributed by atoms with E-state index in [9.17, 15) is 9.59 Å². The van der Waals surface area contributed by atoms with Crippen LogP contribution >= 0.6 is 11.6 Å². The van der Waals surface area contributed by atoms with Crippen molar-refractivity contribution in [2.45, 2.75) is 33.2 Å². The third-order valence-electron chi connectivity index (χ3n) is 4.18. The molecule has 2 rings (SSSR count). The summed E-state index contributed by atoms with van der Waals surface area (Å²) in [7, 11) is 0. The zero-order valence-corrected chi connectivity index (χ0v) is 16.1. The van der Waals surface area contributed by atoms with Crippen LogP contribution in [0.3, 0.4) is 0 Å². The smallest absolute Gasteiger partial charge is 0.251 e. The molecule has 2 aromatic carbocycles. The number of carbonyl (C=O) groups is 2. The lowest BCUT2D eigenvalue weighted by Crippen LogP contribution is -2.50. The van der Waals surface area contributed by atoms with Crippen LogP contribution in [0.5, 0.6) is 0 Å². The van der Waals surface area contributed by atoms with E-state index in [1.807, 2.05) is 57.2 Å². The second kappa shape index (κ2) is 9.39. The van der Waals surface area contributed by atoms with Crippen LogP contribution in [0.15, 0.2) is 48.5 Å². The largest absolute Gasteiger partial charge is 0.354 e. The maximum atomic E-state index is 12.5. The Morgan fingerprint density at radius 2 is 1.62 bits per heavy atom. The number of benzene rings is 2. The van der Waals surface area contributed by atoms with Gasteiger partial charge in [0, 0.05) is 17.1 Å². The molecule has 0 saturated carbocycles. The van der Waals surface area contributed by atoms with E-state index < -0.39 is 6.04 Å². The van der Waals surface area contributed by atoms with Gasteiger partial charge in [0.05, 0.1) is 0 Å². The van der Waals surface area contributed by atoms with Crippen molar-refractivity contribution < 1.29 is 9.59 Å². The molecule has 0 radical (unpaired) electrons. The SMILES string of the molecule is Cc1ccc(C(=O)NC(C(=O)NCCc2ccc(Cl)cc2)C(C)C)cc1. The average molecular weight is 373 g/mol. The van der Waals surface area contributed by atoms with E-state index in [-0.39, 0.29) is 17.7 Å². The molecule has 0 bridgehead atoms. The Kier molecular flexibility index (Phi) is 7.22. The number of halogens is 1. The summed E-state index contributed by atoms with van der Waals surface area (Å²) in [5.74, 6) is -0.425. The summed E-state index contributed by atoms with van der Waals surface area (Å²) in [5.41, 5.74) is 2.73. The molecule has 0 heterocycles. The van der Waals surface area contributed by atoms with E-state index in [2.05, 4.69) is 10.6 Å². The number of carbonyl (C=O) groups excluding carboxylic acids is 2. The molecule has 5 heteroatoms. The summed E-state index contributed by atoms with van der Waals surface area (Å²) < 4.78 is 0. The van der Waals surface area contributed by atoms with E-state index in [1.165, 1.54) is 0 Å². The molecule has 0 fully saturated rings. The molecule has 0 aliphatic heterocycles. The Labute approximate surface area is 159 Å². The number of hydrogen-bond donors (Lipinski definition) is 2. The summed E-state index contributed by atoms with van der Waals surface area (Å²) in [6.07, 6.45) is 0.708. The van der Waals surface area contributed by atoms with Gasteiger partial charge in [0.2, 0.25) is 5.91 Å². The molecule has 2 aromatic rings. The molecule has 4 nitrogen and oxygen atoms in total. The monoisotopic (exact) mass is 372 g/mol. The number of nitrogens with one attached hydrogen (secondary N) is 2. The minimum absolute atomic E-state index is 0.0140. The number of aryl methyl sites for hydroxylation is 1. The highest BCUT2D eigenvalue weighted by molar-refractivity contribution is 6.30. The predicted molar refractivity (Wildman–Crippen MR) is 105 cm³/mol. The van der Waals surface area contributed by atoms with Crippen molar-refractivity contribution in [2.24, 2.45) is 5.92 Å². The molecule has 0 saturated heterocycles. The van der Waals surface area contributed by atoms with Crippen molar-refractivity contribution in [1.29, 1.82) is 0 Å². The molecule has 26 heavy (non-hydrogen) atoms. The molecule has 0 aliphatic rings. The Morgan fingerprint density at radius 3 is 2.19 bits per heavy atom. The first kappa shape index (κ1) is 20.0. The lowest BCUT2D eigenvalue weighted by atomic mass is 10.0. The Balaban J connectivity index is 1.90. The summed E-state index contributed by atoms with van der Waals surface area (Å²) in [4.78, 5) is 24.9. The predicted octanol–water partition coefficient (Wildman–Crippen LogP) is 3.76. The van der Waals surface area contributed by atoms with Crippen LogP contribution in [0.1, 0.15) is 35.3 Å². The van der Waals surface area contributed by atoms with Gasteiger partial charge < -0.3 is 10.6 Å². The van der Waals surface area contributed by atoms with Crippen LogP contribution in [-0.2, 0) is 11.2 Å². The molecule has 2 amide bonds. The van der Waals surface area contributed by atoms with Gasteiger partial charge in [0.1, 0.15) is 6.04 Å². The standard InChI is InChI=1S/C21H25ClN2O2/c1-14(2)19(24-20(25)17-8-4-15(3)5-9-17)21(26)23-13-12-16-6-10-18(22)11-7-16/h4-11,14,19H,12-13H2,1-3H3,(H,23,26)(H,24,25). The van der Waals surface area contributed by atoms with Crippen LogP contribution < -0.4 is 10.6 Å². The van der Waals surface area contributed by atoms with Gasteiger partial charge in [-0.1, -0.05) is 55.3 Å². The lowest BCUT2D eigenvalue weighted by molar-refractivity contribution is -0.123. The normalized spacial score (nSPS) is 11.9. The fourth-order valence-corrected chi connectivity index (χ4v) is 2.68. The van der Waals surface area contributed by atoms with Crippen molar-refractivity contribution in [3.05, 3.63) is 70.2 Å². The van der Waals surface area contributed by atoms with Gasteiger partial charge in [-0.3, -0.25) is 9.59 Å². The van der Waals surface area contributed by atoms with Crippen LogP contribution in [0.4, 0.5) is 0 Å². The molecule has 1 atom stereocenters. The molecular formula is C21H25ClN2O2. The van der Waals surface area contributed by atoms with E-state index in [1.54, 1.807) is 12.1 Å². The van der Waals surface area contributed by atoms with E-state index >= 15 is 0 Å². The van der Waals surface area contributed by atoms with Gasteiger partial charge in [0.25, 0.3) is 5.91 Å². The van der Waals surface area contributed by atoms with Crippen LogP contribution in [0.25, 0.3) is 0 Å². The van der Waals surface area contributed by atoms with Gasteiger partial charge in [-0.05, 0) is 49.1 Å². The first-order valence-corrected chi connectivity index (χ1v) is 9.14. The molecule has 0 aromatic heterocycles.